The summed E-state index contributed by atoms with van der Waals surface area (Å²) in [6.45, 7) is 11.9. The predicted octanol–water partition coefficient (Wildman–Crippen LogP) is 4.10. The Morgan fingerprint density at radius 1 is 1.03 bits per heavy atom. The average Bonchev–Trinajstić information content (AvgIpc) is 3.34. The van der Waals surface area contributed by atoms with Crippen molar-refractivity contribution in [1.29, 1.82) is 0 Å². The molecule has 0 aliphatic carbocycles. The van der Waals surface area contributed by atoms with Crippen molar-refractivity contribution in [2.24, 2.45) is 0 Å². The molecule has 2 aliphatic rings. The number of thiocarbonyl (C=S) groups is 1. The van der Waals surface area contributed by atoms with Crippen molar-refractivity contribution >= 4 is 17.3 Å². The minimum Gasteiger partial charge on any atom is -0.379 e. The number of ether oxygens (including phenoxy) is 1. The van der Waals surface area contributed by atoms with Crippen LogP contribution in [0.3, 0.4) is 0 Å². The summed E-state index contributed by atoms with van der Waals surface area (Å²) >= 11 is 5.89. The number of nitrogens with one attached hydrogen (secondary N) is 1. The Bertz CT molecular complexity index is 1140. The molecule has 7 heteroatoms. The lowest BCUT2D eigenvalue weighted by Crippen LogP contribution is -2.42. The van der Waals surface area contributed by atoms with Crippen molar-refractivity contribution in [2.75, 3.05) is 39.4 Å². The summed E-state index contributed by atoms with van der Waals surface area (Å²) < 4.78 is 7.89. The molecule has 2 fully saturated rings. The topological polar surface area (TPSA) is 45.6 Å². The first kappa shape index (κ1) is 23.0. The van der Waals surface area contributed by atoms with Crippen LogP contribution in [-0.4, -0.2) is 63.9 Å². The molecule has 2 aromatic heterocycles. The van der Waals surface area contributed by atoms with E-state index < -0.39 is 0 Å². The lowest BCUT2D eigenvalue weighted by Gasteiger charge is -2.32. The van der Waals surface area contributed by atoms with E-state index in [4.69, 9.17) is 21.9 Å². The molecule has 178 valence electrons. The van der Waals surface area contributed by atoms with Crippen LogP contribution in [0.5, 0.6) is 0 Å². The Morgan fingerprint density at radius 3 is 2.50 bits per heavy atom. The van der Waals surface area contributed by atoms with Gasteiger partial charge in [0.25, 0.3) is 0 Å². The van der Waals surface area contributed by atoms with Crippen LogP contribution in [0.4, 0.5) is 0 Å². The van der Waals surface area contributed by atoms with Crippen molar-refractivity contribution in [2.45, 2.75) is 32.9 Å². The number of benzene rings is 1. The molecule has 1 N–H and O–H groups in total. The van der Waals surface area contributed by atoms with Gasteiger partial charge in [0, 0.05) is 49.5 Å². The molecule has 3 aromatic rings. The van der Waals surface area contributed by atoms with Gasteiger partial charge < -0.3 is 19.5 Å². The van der Waals surface area contributed by atoms with E-state index in [2.05, 4.69) is 82.9 Å². The second-order valence-electron chi connectivity index (χ2n) is 9.27. The smallest absolute Gasteiger partial charge is 0.170 e. The summed E-state index contributed by atoms with van der Waals surface area (Å²) in [4.78, 5) is 9.53. The zero-order valence-electron chi connectivity index (χ0n) is 20.2. The van der Waals surface area contributed by atoms with E-state index in [0.717, 1.165) is 50.2 Å². The molecule has 34 heavy (non-hydrogen) atoms. The average molecular weight is 476 g/mol. The van der Waals surface area contributed by atoms with Crippen LogP contribution >= 0.6 is 12.2 Å². The zero-order chi connectivity index (χ0) is 23.7. The van der Waals surface area contributed by atoms with Crippen molar-refractivity contribution in [3.8, 4) is 5.69 Å². The van der Waals surface area contributed by atoms with E-state index in [1.54, 1.807) is 0 Å². The normalized spacial score (nSPS) is 21.1. The fourth-order valence-corrected chi connectivity index (χ4v) is 5.57. The van der Waals surface area contributed by atoms with Gasteiger partial charge in [-0.05, 0) is 68.9 Å². The summed E-state index contributed by atoms with van der Waals surface area (Å²) in [6.07, 6.45) is 1.86. The van der Waals surface area contributed by atoms with E-state index in [0.29, 0.717) is 0 Å². The third-order valence-electron chi connectivity index (χ3n) is 7.04. The number of morpholine rings is 1. The maximum absolute atomic E-state index is 5.89. The zero-order valence-corrected chi connectivity index (χ0v) is 21.0. The Balaban J connectivity index is 1.52. The minimum absolute atomic E-state index is 0.00496. The summed E-state index contributed by atoms with van der Waals surface area (Å²) in [5, 5.41) is 4.40. The van der Waals surface area contributed by atoms with E-state index in [9.17, 15) is 0 Å². The maximum Gasteiger partial charge on any atom is 0.170 e. The maximum atomic E-state index is 5.89. The van der Waals surface area contributed by atoms with Crippen molar-refractivity contribution < 1.29 is 4.74 Å². The van der Waals surface area contributed by atoms with Crippen LogP contribution in [0, 0.1) is 20.8 Å². The van der Waals surface area contributed by atoms with Crippen LogP contribution in [0.1, 0.15) is 40.3 Å². The summed E-state index contributed by atoms with van der Waals surface area (Å²) in [5.41, 5.74) is 7.24. The Morgan fingerprint density at radius 2 is 1.79 bits per heavy atom. The number of hydrogen-bond donors (Lipinski definition) is 1. The Labute approximate surface area is 207 Å². The van der Waals surface area contributed by atoms with Crippen LogP contribution < -0.4 is 5.32 Å². The third-order valence-corrected chi connectivity index (χ3v) is 7.39. The van der Waals surface area contributed by atoms with Gasteiger partial charge in [0.05, 0.1) is 31.0 Å². The van der Waals surface area contributed by atoms with E-state index in [1.807, 2.05) is 12.3 Å². The Kier molecular flexibility index (Phi) is 6.68. The first-order valence-electron chi connectivity index (χ1n) is 12.1. The van der Waals surface area contributed by atoms with Crippen molar-refractivity contribution in [3.05, 3.63) is 82.9 Å². The quantitative estimate of drug-likeness (QED) is 0.542. The number of pyridine rings is 1. The molecule has 2 aliphatic heterocycles. The first-order valence-corrected chi connectivity index (χ1v) is 12.5. The van der Waals surface area contributed by atoms with Gasteiger partial charge in [-0.15, -0.1) is 0 Å². The van der Waals surface area contributed by atoms with Crippen LogP contribution in [0.15, 0.2) is 54.7 Å². The third kappa shape index (κ3) is 4.48. The number of aryl methyl sites for hydroxylation is 2. The second kappa shape index (κ2) is 9.86. The molecule has 0 amide bonds. The van der Waals surface area contributed by atoms with E-state index in [-0.39, 0.29) is 12.1 Å². The second-order valence-corrected chi connectivity index (χ2v) is 9.66. The monoisotopic (exact) mass is 475 g/mol. The molecule has 0 radical (unpaired) electrons. The fourth-order valence-electron chi connectivity index (χ4n) is 5.24. The number of rotatable bonds is 6. The SMILES string of the molecule is Cc1ccc(-n2c(C)cc(C3C(c4ccccn4)NC(=S)N3CCN3CCOCC3)c2C)cc1. The number of nitrogens with zero attached hydrogens (tertiary/aromatic N) is 4. The molecular weight excluding hydrogens is 442 g/mol. The van der Waals surface area contributed by atoms with Gasteiger partial charge in [0.1, 0.15) is 0 Å². The van der Waals surface area contributed by atoms with Crippen LogP contribution in [0.2, 0.25) is 0 Å². The summed E-state index contributed by atoms with van der Waals surface area (Å²) in [6, 6.07) is 17.3. The van der Waals surface area contributed by atoms with Gasteiger partial charge in [0.2, 0.25) is 0 Å². The molecule has 6 nitrogen and oxygen atoms in total. The molecule has 0 bridgehead atoms. The van der Waals surface area contributed by atoms with E-state index in [1.165, 1.54) is 28.2 Å². The first-order chi connectivity index (χ1) is 16.5. The van der Waals surface area contributed by atoms with Gasteiger partial charge >= 0.3 is 0 Å². The Hall–Kier alpha value is -2.74. The highest BCUT2D eigenvalue weighted by molar-refractivity contribution is 7.80. The van der Waals surface area contributed by atoms with Crippen LogP contribution in [-0.2, 0) is 4.74 Å². The molecule has 0 spiro atoms. The largest absolute Gasteiger partial charge is 0.379 e. The van der Waals surface area contributed by atoms with E-state index >= 15 is 0 Å². The van der Waals surface area contributed by atoms with Crippen LogP contribution in [0.25, 0.3) is 5.69 Å². The van der Waals surface area contributed by atoms with Gasteiger partial charge in [-0.25, -0.2) is 0 Å². The molecule has 2 saturated heterocycles. The molecule has 4 heterocycles. The van der Waals surface area contributed by atoms with Gasteiger partial charge in [-0.3, -0.25) is 9.88 Å². The van der Waals surface area contributed by atoms with Gasteiger partial charge in [-0.2, -0.15) is 0 Å². The van der Waals surface area contributed by atoms with Crippen molar-refractivity contribution in [3.63, 3.8) is 0 Å². The molecule has 5 rings (SSSR count). The summed E-state index contributed by atoms with van der Waals surface area (Å²) in [7, 11) is 0. The lowest BCUT2D eigenvalue weighted by molar-refractivity contribution is 0.0350. The molecule has 0 saturated carbocycles. The molecule has 2 unspecified atom stereocenters. The highest BCUT2D eigenvalue weighted by Crippen LogP contribution is 2.41. The van der Waals surface area contributed by atoms with Gasteiger partial charge in [0.15, 0.2) is 5.11 Å². The highest BCUT2D eigenvalue weighted by atomic mass is 32.1. The summed E-state index contributed by atoms with van der Waals surface area (Å²) in [5.74, 6) is 0. The number of hydrogen-bond acceptors (Lipinski definition) is 4. The molecule has 1 aromatic carbocycles. The standard InChI is InChI=1S/C27H33N5OS/c1-19-7-9-22(10-8-19)32-20(2)18-23(21(32)3)26-25(24-6-4-5-11-28-24)29-27(34)31(26)13-12-30-14-16-33-17-15-30/h4-11,18,25-26H,12-17H2,1-3H3,(H,29,34). The van der Waals surface area contributed by atoms with Crippen molar-refractivity contribution in [1.82, 2.24) is 24.7 Å². The lowest BCUT2D eigenvalue weighted by atomic mass is 9.96. The predicted molar refractivity (Wildman–Crippen MR) is 139 cm³/mol. The minimum atomic E-state index is 0.00496. The number of aromatic nitrogens is 2. The molecule has 2 atom stereocenters. The van der Waals surface area contributed by atoms with Gasteiger partial charge in [-0.1, -0.05) is 23.8 Å². The fraction of sp³-hybridized carbons (Fsp3) is 0.407. The molecular formula is C27H33N5OS. The highest BCUT2D eigenvalue weighted by Gasteiger charge is 2.41.